The van der Waals surface area contributed by atoms with Crippen LogP contribution in [0.25, 0.3) is 16.7 Å². The van der Waals surface area contributed by atoms with Crippen LogP contribution in [-0.2, 0) is 6.42 Å². The smallest absolute Gasteiger partial charge is 0.248 e. The van der Waals surface area contributed by atoms with E-state index in [4.69, 9.17) is 19.9 Å². The Bertz CT molecular complexity index is 1130. The summed E-state index contributed by atoms with van der Waals surface area (Å²) in [6.07, 6.45) is 4.76. The minimum absolute atomic E-state index is 0.436. The molecule has 1 aromatic heterocycles. The third-order valence-corrected chi connectivity index (χ3v) is 5.24. The van der Waals surface area contributed by atoms with E-state index in [2.05, 4.69) is 17.1 Å². The van der Waals surface area contributed by atoms with Crippen LogP contribution in [0.4, 0.5) is 0 Å². The van der Waals surface area contributed by atoms with Gasteiger partial charge in [-0.1, -0.05) is 18.2 Å². The number of nitrogens with two attached hydrogens (primary N) is 1. The van der Waals surface area contributed by atoms with Crippen molar-refractivity contribution in [2.45, 2.75) is 6.42 Å². The van der Waals surface area contributed by atoms with E-state index in [0.717, 1.165) is 39.9 Å². The van der Waals surface area contributed by atoms with Crippen molar-refractivity contribution in [2.75, 3.05) is 21.3 Å². The van der Waals surface area contributed by atoms with Gasteiger partial charge in [-0.3, -0.25) is 9.78 Å². The molecular weight excluding hydrogens is 380 g/mol. The number of carbonyl (C=O) groups excluding carboxylic acids is 1. The Kier molecular flexibility index (Phi) is 5.14. The number of nitrogens with zero attached hydrogens (tertiary/aromatic N) is 1. The molecule has 0 spiro atoms. The van der Waals surface area contributed by atoms with Crippen LogP contribution >= 0.6 is 0 Å². The summed E-state index contributed by atoms with van der Waals surface area (Å²) in [6.45, 7) is 0. The molecule has 0 saturated heterocycles. The average Bonchev–Trinajstić information content (AvgIpc) is 3.21. The molecule has 30 heavy (non-hydrogen) atoms. The van der Waals surface area contributed by atoms with Crippen molar-refractivity contribution in [2.24, 2.45) is 5.73 Å². The number of benzene rings is 2. The first kappa shape index (κ1) is 19.5. The van der Waals surface area contributed by atoms with E-state index in [1.54, 1.807) is 33.5 Å². The summed E-state index contributed by atoms with van der Waals surface area (Å²) in [5.41, 5.74) is 11.9. The Morgan fingerprint density at radius 2 is 1.57 bits per heavy atom. The van der Waals surface area contributed by atoms with Crippen LogP contribution in [-0.4, -0.2) is 32.2 Å². The number of allylic oxidation sites excluding steroid dienone is 1. The minimum Gasteiger partial charge on any atom is -0.493 e. The standard InChI is InChI=1S/C24H22N2O4/c1-28-21-11-16(12-22(29-2)23(21)30-3)17-10-19-18(8-9-20(19)26-13-17)14-4-6-15(7-5-14)24(25)27/h4-8,10-13H,9H2,1-3H3,(H2,25,27). The van der Waals surface area contributed by atoms with Crippen molar-refractivity contribution in [3.8, 4) is 28.4 Å². The Morgan fingerprint density at radius 3 is 2.13 bits per heavy atom. The number of hydrogen-bond donors (Lipinski definition) is 1. The maximum absolute atomic E-state index is 11.4. The van der Waals surface area contributed by atoms with Gasteiger partial charge in [0.15, 0.2) is 11.5 Å². The summed E-state index contributed by atoms with van der Waals surface area (Å²) in [4.78, 5) is 16.0. The fourth-order valence-electron chi connectivity index (χ4n) is 3.69. The Balaban J connectivity index is 1.76. The first-order valence-electron chi connectivity index (χ1n) is 9.45. The molecule has 4 rings (SSSR count). The number of rotatable bonds is 6. The van der Waals surface area contributed by atoms with Gasteiger partial charge in [0, 0.05) is 29.3 Å². The number of carbonyl (C=O) groups is 1. The molecule has 3 aromatic rings. The maximum atomic E-state index is 11.4. The zero-order valence-electron chi connectivity index (χ0n) is 17.1. The van der Waals surface area contributed by atoms with E-state index in [1.165, 1.54) is 0 Å². The summed E-state index contributed by atoms with van der Waals surface area (Å²) in [7, 11) is 4.77. The fourth-order valence-corrected chi connectivity index (χ4v) is 3.69. The topological polar surface area (TPSA) is 83.7 Å². The van der Waals surface area contributed by atoms with Gasteiger partial charge >= 0.3 is 0 Å². The molecule has 0 radical (unpaired) electrons. The molecule has 1 amide bonds. The Hall–Kier alpha value is -3.80. The van der Waals surface area contributed by atoms with Gasteiger partial charge in [0.25, 0.3) is 0 Å². The Labute approximate surface area is 174 Å². The highest BCUT2D eigenvalue weighted by Gasteiger charge is 2.20. The number of fused-ring (bicyclic) bond motifs is 1. The quantitative estimate of drug-likeness (QED) is 0.677. The first-order valence-corrected chi connectivity index (χ1v) is 9.45. The van der Waals surface area contributed by atoms with Gasteiger partial charge in [0.1, 0.15) is 0 Å². The van der Waals surface area contributed by atoms with Gasteiger partial charge in [-0.05, 0) is 47.0 Å². The molecule has 0 saturated carbocycles. The van der Waals surface area contributed by atoms with Crippen molar-refractivity contribution in [3.63, 3.8) is 0 Å². The highest BCUT2D eigenvalue weighted by Crippen LogP contribution is 2.42. The zero-order valence-corrected chi connectivity index (χ0v) is 17.1. The van der Waals surface area contributed by atoms with Gasteiger partial charge in [-0.15, -0.1) is 0 Å². The lowest BCUT2D eigenvalue weighted by atomic mass is 9.97. The molecule has 0 unspecified atom stereocenters. The van der Waals surface area contributed by atoms with E-state index in [-0.39, 0.29) is 0 Å². The van der Waals surface area contributed by atoms with E-state index >= 15 is 0 Å². The molecule has 1 heterocycles. The molecule has 2 N–H and O–H groups in total. The summed E-state index contributed by atoms with van der Waals surface area (Å²) in [6, 6.07) is 13.2. The third-order valence-electron chi connectivity index (χ3n) is 5.24. The van der Waals surface area contributed by atoms with Crippen LogP contribution in [0.1, 0.15) is 27.2 Å². The highest BCUT2D eigenvalue weighted by atomic mass is 16.5. The monoisotopic (exact) mass is 402 g/mol. The molecule has 0 atom stereocenters. The lowest BCUT2D eigenvalue weighted by molar-refractivity contribution is 0.100. The largest absolute Gasteiger partial charge is 0.493 e. The lowest BCUT2D eigenvalue weighted by Crippen LogP contribution is -2.10. The van der Waals surface area contributed by atoms with Crippen molar-refractivity contribution in [3.05, 3.63) is 77.1 Å². The van der Waals surface area contributed by atoms with Crippen molar-refractivity contribution < 1.29 is 19.0 Å². The van der Waals surface area contributed by atoms with E-state index in [9.17, 15) is 4.79 Å². The number of primary amides is 1. The molecule has 2 aromatic carbocycles. The minimum atomic E-state index is -0.436. The number of pyridine rings is 1. The molecule has 1 aliphatic carbocycles. The Morgan fingerprint density at radius 1 is 0.900 bits per heavy atom. The molecular formula is C24H22N2O4. The van der Waals surface area contributed by atoms with Crippen LogP contribution in [0.5, 0.6) is 17.2 Å². The van der Waals surface area contributed by atoms with Gasteiger partial charge in [-0.2, -0.15) is 0 Å². The second kappa shape index (κ2) is 7.91. The van der Waals surface area contributed by atoms with Crippen molar-refractivity contribution in [1.29, 1.82) is 0 Å². The third kappa shape index (κ3) is 3.37. The van der Waals surface area contributed by atoms with Crippen LogP contribution in [0, 0.1) is 0 Å². The van der Waals surface area contributed by atoms with E-state index < -0.39 is 5.91 Å². The molecule has 0 bridgehead atoms. The van der Waals surface area contributed by atoms with Gasteiger partial charge in [0.2, 0.25) is 11.7 Å². The molecule has 152 valence electrons. The molecule has 0 fully saturated rings. The second-order valence-corrected chi connectivity index (χ2v) is 6.90. The predicted molar refractivity (Wildman–Crippen MR) is 115 cm³/mol. The van der Waals surface area contributed by atoms with Gasteiger partial charge < -0.3 is 19.9 Å². The second-order valence-electron chi connectivity index (χ2n) is 6.90. The van der Waals surface area contributed by atoms with Gasteiger partial charge in [-0.25, -0.2) is 0 Å². The normalized spacial score (nSPS) is 12.2. The summed E-state index contributed by atoms with van der Waals surface area (Å²) < 4.78 is 16.4. The van der Waals surface area contributed by atoms with Crippen LogP contribution in [0.15, 0.2) is 54.7 Å². The predicted octanol–water partition coefficient (Wildman–Crippen LogP) is 3.86. The zero-order chi connectivity index (χ0) is 21.3. The number of aromatic nitrogens is 1. The van der Waals surface area contributed by atoms with E-state index in [1.807, 2.05) is 30.5 Å². The maximum Gasteiger partial charge on any atom is 0.248 e. The van der Waals surface area contributed by atoms with Crippen LogP contribution in [0.3, 0.4) is 0 Å². The summed E-state index contributed by atoms with van der Waals surface area (Å²) >= 11 is 0. The van der Waals surface area contributed by atoms with Crippen molar-refractivity contribution in [1.82, 2.24) is 4.98 Å². The number of amides is 1. The SMILES string of the molecule is COc1cc(-c2cnc3c(c2)C(c2ccc(C(N)=O)cc2)=CC3)cc(OC)c1OC. The molecule has 6 heteroatoms. The highest BCUT2D eigenvalue weighted by molar-refractivity contribution is 5.94. The van der Waals surface area contributed by atoms with Crippen LogP contribution < -0.4 is 19.9 Å². The summed E-state index contributed by atoms with van der Waals surface area (Å²) in [5, 5.41) is 0. The average molecular weight is 402 g/mol. The molecule has 6 nitrogen and oxygen atoms in total. The van der Waals surface area contributed by atoms with E-state index in [0.29, 0.717) is 22.8 Å². The lowest BCUT2D eigenvalue weighted by Gasteiger charge is -2.15. The fraction of sp³-hybridized carbons (Fsp3) is 0.167. The first-order chi connectivity index (χ1) is 14.5. The summed E-state index contributed by atoms with van der Waals surface area (Å²) in [5.74, 6) is 1.29. The van der Waals surface area contributed by atoms with Crippen molar-refractivity contribution >= 4 is 11.5 Å². The number of hydrogen-bond acceptors (Lipinski definition) is 5. The number of methoxy groups -OCH3 is 3. The van der Waals surface area contributed by atoms with Crippen LogP contribution in [0.2, 0.25) is 0 Å². The molecule has 0 aliphatic heterocycles. The molecule has 1 aliphatic rings. The number of ether oxygens (including phenoxy) is 3. The van der Waals surface area contributed by atoms with Gasteiger partial charge in [0.05, 0.1) is 27.0 Å².